The highest BCUT2D eigenvalue weighted by Gasteiger charge is 2.33. The molecular formula is C36H41N5O6. The Hall–Kier alpha value is -5.03. The van der Waals surface area contributed by atoms with Crippen molar-refractivity contribution in [3.8, 4) is 5.75 Å². The van der Waals surface area contributed by atoms with Crippen LogP contribution in [0, 0.1) is 5.92 Å². The minimum atomic E-state index is -0.253. The number of nitrogens with one attached hydrogen (secondary N) is 2. The largest absolute Gasteiger partial charge is 0.482 e. The number of ether oxygens (including phenoxy) is 1. The number of rotatable bonds is 10. The zero-order chi connectivity index (χ0) is 33.3. The van der Waals surface area contributed by atoms with Gasteiger partial charge in [0, 0.05) is 48.1 Å². The molecule has 0 unspecified atom stereocenters. The molecule has 1 aliphatic carbocycles. The van der Waals surface area contributed by atoms with Crippen molar-refractivity contribution in [3.63, 3.8) is 0 Å². The molecule has 0 aromatic heterocycles. The summed E-state index contributed by atoms with van der Waals surface area (Å²) in [7, 11) is 0. The normalized spacial score (nSPS) is 15.7. The van der Waals surface area contributed by atoms with E-state index < -0.39 is 0 Å². The highest BCUT2D eigenvalue weighted by Crippen LogP contribution is 2.33. The molecule has 1 saturated carbocycles. The van der Waals surface area contributed by atoms with E-state index in [1.54, 1.807) is 54.6 Å². The zero-order valence-corrected chi connectivity index (χ0v) is 26.4. The molecule has 4 amide bonds. The van der Waals surface area contributed by atoms with E-state index in [1.807, 2.05) is 28.7 Å². The summed E-state index contributed by atoms with van der Waals surface area (Å²) in [5.74, 6) is 0.582. The van der Waals surface area contributed by atoms with Gasteiger partial charge >= 0.3 is 0 Å². The highest BCUT2D eigenvalue weighted by molar-refractivity contribution is 6.04. The molecule has 47 heavy (non-hydrogen) atoms. The van der Waals surface area contributed by atoms with Gasteiger partial charge in [0.25, 0.3) is 23.6 Å². The first-order valence-corrected chi connectivity index (χ1v) is 16.0. The van der Waals surface area contributed by atoms with E-state index in [0.717, 1.165) is 57.2 Å². The van der Waals surface area contributed by atoms with Crippen molar-refractivity contribution in [2.24, 2.45) is 11.7 Å². The number of hydrogen-bond acceptors (Lipinski definition) is 7. The number of nitrogens with two attached hydrogens (primary N) is 1. The summed E-state index contributed by atoms with van der Waals surface area (Å²) in [6.07, 6.45) is 6.08. The number of fused-ring (bicyclic) bond motifs is 1. The van der Waals surface area contributed by atoms with Crippen molar-refractivity contribution < 1.29 is 28.7 Å². The van der Waals surface area contributed by atoms with Gasteiger partial charge in [0.15, 0.2) is 6.61 Å². The van der Waals surface area contributed by atoms with Crippen LogP contribution in [0.15, 0.2) is 66.7 Å². The highest BCUT2D eigenvalue weighted by atomic mass is 16.5. The molecule has 2 fully saturated rings. The van der Waals surface area contributed by atoms with E-state index in [-0.39, 0.29) is 36.3 Å². The van der Waals surface area contributed by atoms with Crippen molar-refractivity contribution in [1.29, 1.82) is 0 Å². The minimum absolute atomic E-state index is 0.0212. The van der Waals surface area contributed by atoms with Crippen molar-refractivity contribution in [2.45, 2.75) is 51.1 Å². The average Bonchev–Trinajstić information content (AvgIpc) is 3.96. The molecule has 0 atom stereocenters. The van der Waals surface area contributed by atoms with Crippen molar-refractivity contribution in [1.82, 2.24) is 9.80 Å². The Morgan fingerprint density at radius 3 is 2.23 bits per heavy atom. The summed E-state index contributed by atoms with van der Waals surface area (Å²) in [6, 6.07) is 19.5. The summed E-state index contributed by atoms with van der Waals surface area (Å²) < 4.78 is 5.49. The Labute approximate surface area is 274 Å². The van der Waals surface area contributed by atoms with Crippen LogP contribution in [0.4, 0.5) is 11.4 Å². The third-order valence-corrected chi connectivity index (χ3v) is 8.79. The lowest BCUT2D eigenvalue weighted by Gasteiger charge is -2.32. The Morgan fingerprint density at radius 2 is 1.57 bits per heavy atom. The number of carbonyl (C=O) groups is 5. The topological polar surface area (TPSA) is 151 Å². The van der Waals surface area contributed by atoms with Crippen molar-refractivity contribution in [2.75, 3.05) is 36.9 Å². The van der Waals surface area contributed by atoms with Crippen LogP contribution < -0.4 is 21.1 Å². The number of nitrogens with zero attached hydrogens (tertiary/aromatic N) is 2. The number of benzene rings is 3. The van der Waals surface area contributed by atoms with Crippen LogP contribution in [0.3, 0.4) is 0 Å². The third-order valence-electron chi connectivity index (χ3n) is 8.79. The van der Waals surface area contributed by atoms with Gasteiger partial charge in [-0.2, -0.15) is 0 Å². The van der Waals surface area contributed by atoms with Gasteiger partial charge in [-0.05, 0) is 111 Å². The standard InChI is InChI=1S/C35H39N5O5.CH2O/c36-17-1-2-23-15-18-39(19-16-23)34(43)26-7-10-28(11-8-26)37-33(42)25-5-3-24(4-6-25)21-40(29-12-13-29)35(44)27-9-14-30-31(20-27)45-22-32(41)38-30;1-2/h3-11,14,20,23,29H,1-2,12-13,15-19,21-22,36H2,(H,37,42)(H,38,41);1H2. The first kappa shape index (κ1) is 33.3. The van der Waals surface area contributed by atoms with Gasteiger partial charge in [0.1, 0.15) is 12.5 Å². The van der Waals surface area contributed by atoms with Gasteiger partial charge in [0.05, 0.1) is 5.69 Å². The summed E-state index contributed by atoms with van der Waals surface area (Å²) in [4.78, 5) is 62.8. The number of hydrogen-bond donors (Lipinski definition) is 3. The van der Waals surface area contributed by atoms with Crippen LogP contribution in [0.2, 0.25) is 0 Å². The van der Waals surface area contributed by atoms with Crippen LogP contribution >= 0.6 is 0 Å². The molecule has 1 saturated heterocycles. The SMILES string of the molecule is C=O.NCCCC1CCN(C(=O)c2ccc(NC(=O)c3ccc(CN(C(=O)c4ccc5c(c4)OCC(=O)N5)C4CC4)cc3)cc2)CC1. The Morgan fingerprint density at radius 1 is 0.915 bits per heavy atom. The van der Waals surface area contributed by atoms with Crippen LogP contribution in [0.5, 0.6) is 5.75 Å². The van der Waals surface area contributed by atoms with Crippen molar-refractivity contribution >= 4 is 41.8 Å². The van der Waals surface area contributed by atoms with Gasteiger partial charge in [-0.3, -0.25) is 19.2 Å². The molecule has 4 N–H and O–H groups in total. The second-order valence-corrected chi connectivity index (χ2v) is 12.1. The Bertz CT molecular complexity index is 1580. The van der Waals surface area contributed by atoms with Gasteiger partial charge in [-0.25, -0.2) is 0 Å². The van der Waals surface area contributed by atoms with E-state index in [1.165, 1.54) is 0 Å². The lowest BCUT2D eigenvalue weighted by atomic mass is 9.92. The quantitative estimate of drug-likeness (QED) is 0.296. The molecule has 6 rings (SSSR count). The minimum Gasteiger partial charge on any atom is -0.482 e. The van der Waals surface area contributed by atoms with Gasteiger partial charge < -0.3 is 35.7 Å². The van der Waals surface area contributed by atoms with Crippen LogP contribution in [0.25, 0.3) is 0 Å². The van der Waals surface area contributed by atoms with Crippen molar-refractivity contribution in [3.05, 3.63) is 89.0 Å². The summed E-state index contributed by atoms with van der Waals surface area (Å²) in [5.41, 5.74) is 9.33. The molecule has 0 radical (unpaired) electrons. The van der Waals surface area contributed by atoms with E-state index in [4.69, 9.17) is 15.3 Å². The number of carbonyl (C=O) groups excluding carboxylic acids is 5. The second-order valence-electron chi connectivity index (χ2n) is 12.1. The molecule has 11 nitrogen and oxygen atoms in total. The molecule has 246 valence electrons. The predicted molar refractivity (Wildman–Crippen MR) is 178 cm³/mol. The van der Waals surface area contributed by atoms with Gasteiger partial charge in [0.2, 0.25) is 0 Å². The number of piperidine rings is 1. The molecule has 2 heterocycles. The first-order valence-electron chi connectivity index (χ1n) is 16.0. The van der Waals surface area contributed by atoms with Gasteiger partial charge in [-0.15, -0.1) is 0 Å². The molecule has 3 aliphatic rings. The summed E-state index contributed by atoms with van der Waals surface area (Å²) in [6.45, 7) is 4.59. The molecule has 3 aromatic carbocycles. The zero-order valence-electron chi connectivity index (χ0n) is 26.4. The van der Waals surface area contributed by atoms with E-state index >= 15 is 0 Å². The van der Waals surface area contributed by atoms with Crippen LogP contribution in [-0.4, -0.2) is 72.5 Å². The molecular weight excluding hydrogens is 598 g/mol. The van der Waals surface area contributed by atoms with E-state index in [0.29, 0.717) is 52.8 Å². The number of likely N-dealkylation sites (tertiary alicyclic amines) is 1. The average molecular weight is 640 g/mol. The second kappa shape index (κ2) is 15.5. The van der Waals surface area contributed by atoms with Gasteiger partial charge in [-0.1, -0.05) is 12.1 Å². The van der Waals surface area contributed by atoms with E-state index in [9.17, 15) is 19.2 Å². The Balaban J connectivity index is 0.00000213. The molecule has 0 bridgehead atoms. The lowest BCUT2D eigenvalue weighted by molar-refractivity contribution is -0.118. The maximum absolute atomic E-state index is 13.5. The smallest absolute Gasteiger partial charge is 0.262 e. The van der Waals surface area contributed by atoms with Crippen LogP contribution in [0.1, 0.15) is 75.2 Å². The fraction of sp³-hybridized carbons (Fsp3) is 0.361. The maximum atomic E-state index is 13.5. The third kappa shape index (κ3) is 8.42. The fourth-order valence-electron chi connectivity index (χ4n) is 6.00. The molecule has 0 spiro atoms. The lowest BCUT2D eigenvalue weighted by Crippen LogP contribution is -2.38. The molecule has 11 heteroatoms. The first-order chi connectivity index (χ1) is 22.9. The fourth-order valence-corrected chi connectivity index (χ4v) is 6.00. The Kier molecular flexibility index (Phi) is 11.0. The monoisotopic (exact) mass is 639 g/mol. The summed E-state index contributed by atoms with van der Waals surface area (Å²) in [5, 5.41) is 5.65. The predicted octanol–water partition coefficient (Wildman–Crippen LogP) is 4.48. The van der Waals surface area contributed by atoms with E-state index in [2.05, 4.69) is 10.6 Å². The molecule has 2 aliphatic heterocycles. The van der Waals surface area contributed by atoms with Crippen LogP contribution in [-0.2, 0) is 16.1 Å². The maximum Gasteiger partial charge on any atom is 0.262 e. The summed E-state index contributed by atoms with van der Waals surface area (Å²) >= 11 is 0. The number of anilines is 2. The molecule has 3 aromatic rings. The number of amides is 4.